The maximum Gasteiger partial charge on any atom is 0.203 e. The average molecular weight is 295 g/mol. The summed E-state index contributed by atoms with van der Waals surface area (Å²) in [4.78, 5) is 0. The summed E-state index contributed by atoms with van der Waals surface area (Å²) < 4.78 is 22.2. The van der Waals surface area contributed by atoms with Crippen molar-refractivity contribution in [2.45, 2.75) is 45.1 Å². The zero-order valence-electron chi connectivity index (χ0n) is 13.6. The van der Waals surface area contributed by atoms with Crippen LogP contribution in [-0.2, 0) is 4.74 Å². The monoisotopic (exact) mass is 295 g/mol. The van der Waals surface area contributed by atoms with Crippen LogP contribution >= 0.6 is 0 Å². The topological polar surface area (TPSA) is 49.0 Å². The van der Waals surface area contributed by atoms with E-state index >= 15 is 0 Å². The van der Waals surface area contributed by atoms with Crippen molar-refractivity contribution in [3.8, 4) is 17.2 Å². The predicted molar refractivity (Wildman–Crippen MR) is 81.2 cm³/mol. The highest BCUT2D eigenvalue weighted by atomic mass is 16.5. The van der Waals surface area contributed by atoms with Crippen molar-refractivity contribution in [3.63, 3.8) is 0 Å². The van der Waals surface area contributed by atoms with Crippen LogP contribution in [-0.4, -0.2) is 33.0 Å². The Morgan fingerprint density at radius 2 is 1.67 bits per heavy atom. The van der Waals surface area contributed by atoms with Crippen LogP contribution < -0.4 is 19.5 Å². The van der Waals surface area contributed by atoms with E-state index in [0.717, 1.165) is 12.0 Å². The molecule has 0 bridgehead atoms. The fourth-order valence-electron chi connectivity index (χ4n) is 2.86. The summed E-state index contributed by atoms with van der Waals surface area (Å²) in [5.41, 5.74) is 0.979. The van der Waals surface area contributed by atoms with Gasteiger partial charge in [0.1, 0.15) is 6.23 Å². The zero-order chi connectivity index (χ0) is 15.6. The third-order valence-corrected chi connectivity index (χ3v) is 3.68. The largest absolute Gasteiger partial charge is 0.493 e. The van der Waals surface area contributed by atoms with E-state index in [0.29, 0.717) is 17.2 Å². The molecule has 1 aliphatic rings. The molecular weight excluding hydrogens is 270 g/mol. The molecule has 1 N–H and O–H groups in total. The molecule has 1 fully saturated rings. The first-order valence-corrected chi connectivity index (χ1v) is 7.13. The lowest BCUT2D eigenvalue weighted by Crippen LogP contribution is -2.50. The molecule has 1 heterocycles. The summed E-state index contributed by atoms with van der Waals surface area (Å²) in [6.45, 7) is 6.45. The summed E-state index contributed by atoms with van der Waals surface area (Å²) in [7, 11) is 4.83. The van der Waals surface area contributed by atoms with Crippen molar-refractivity contribution in [1.82, 2.24) is 5.32 Å². The van der Waals surface area contributed by atoms with Gasteiger partial charge in [0, 0.05) is 11.1 Å². The minimum absolute atomic E-state index is 0.0166. The van der Waals surface area contributed by atoms with E-state index in [1.54, 1.807) is 21.3 Å². The van der Waals surface area contributed by atoms with E-state index < -0.39 is 0 Å². The summed E-state index contributed by atoms with van der Waals surface area (Å²) >= 11 is 0. The van der Waals surface area contributed by atoms with Gasteiger partial charge >= 0.3 is 0 Å². The first kappa shape index (κ1) is 15.9. The van der Waals surface area contributed by atoms with Gasteiger partial charge < -0.3 is 18.9 Å². The van der Waals surface area contributed by atoms with Crippen molar-refractivity contribution in [2.24, 2.45) is 0 Å². The molecule has 1 aliphatic heterocycles. The van der Waals surface area contributed by atoms with Gasteiger partial charge in [0.15, 0.2) is 11.5 Å². The third kappa shape index (κ3) is 3.41. The van der Waals surface area contributed by atoms with E-state index in [-0.39, 0.29) is 17.9 Å². The Morgan fingerprint density at radius 1 is 1.10 bits per heavy atom. The predicted octanol–water partition coefficient (Wildman–Crippen LogP) is 2.89. The maximum atomic E-state index is 6.02. The van der Waals surface area contributed by atoms with E-state index in [4.69, 9.17) is 18.9 Å². The molecule has 2 atom stereocenters. The Balaban J connectivity index is 2.39. The van der Waals surface area contributed by atoms with Gasteiger partial charge in [-0.25, -0.2) is 0 Å². The lowest BCUT2D eigenvalue weighted by molar-refractivity contribution is -0.0897. The van der Waals surface area contributed by atoms with Gasteiger partial charge in [-0.3, -0.25) is 5.32 Å². The number of hydrogen-bond donors (Lipinski definition) is 1. The zero-order valence-corrected chi connectivity index (χ0v) is 13.6. The molecule has 5 heteroatoms. The molecule has 5 nitrogen and oxygen atoms in total. The SMILES string of the molecule is COc1cc(C2NC(C)(C)CC(C)O2)cc(OC)c1OC. The number of nitrogens with one attached hydrogen (secondary N) is 1. The molecule has 1 aromatic rings. The Hall–Kier alpha value is -1.46. The van der Waals surface area contributed by atoms with Crippen LogP contribution in [0.2, 0.25) is 0 Å². The van der Waals surface area contributed by atoms with Gasteiger partial charge in [0.2, 0.25) is 5.75 Å². The van der Waals surface area contributed by atoms with Crippen molar-refractivity contribution in [2.75, 3.05) is 21.3 Å². The summed E-state index contributed by atoms with van der Waals surface area (Å²) in [5, 5.41) is 3.51. The Bertz CT molecular complexity index is 476. The molecule has 0 amide bonds. The minimum atomic E-state index is -0.197. The van der Waals surface area contributed by atoms with Gasteiger partial charge in [0.25, 0.3) is 0 Å². The number of benzene rings is 1. The third-order valence-electron chi connectivity index (χ3n) is 3.68. The lowest BCUT2D eigenvalue weighted by atomic mass is 9.94. The Morgan fingerprint density at radius 3 is 2.10 bits per heavy atom. The first-order valence-electron chi connectivity index (χ1n) is 7.13. The Kier molecular flexibility index (Phi) is 4.64. The van der Waals surface area contributed by atoms with Gasteiger partial charge in [-0.05, 0) is 39.3 Å². The molecule has 0 spiro atoms. The van der Waals surface area contributed by atoms with Crippen LogP contribution in [0.3, 0.4) is 0 Å². The molecule has 0 radical (unpaired) electrons. The van der Waals surface area contributed by atoms with Crippen LogP contribution in [0.5, 0.6) is 17.2 Å². The maximum absolute atomic E-state index is 6.02. The van der Waals surface area contributed by atoms with E-state index in [1.165, 1.54) is 0 Å². The van der Waals surface area contributed by atoms with Gasteiger partial charge in [-0.2, -0.15) is 0 Å². The molecule has 21 heavy (non-hydrogen) atoms. The number of hydrogen-bond acceptors (Lipinski definition) is 5. The molecule has 2 unspecified atom stereocenters. The minimum Gasteiger partial charge on any atom is -0.493 e. The fourth-order valence-corrected chi connectivity index (χ4v) is 2.86. The Labute approximate surface area is 126 Å². The molecule has 118 valence electrons. The van der Waals surface area contributed by atoms with Gasteiger partial charge in [0.05, 0.1) is 27.4 Å². The fraction of sp³-hybridized carbons (Fsp3) is 0.625. The van der Waals surface area contributed by atoms with Gasteiger partial charge in [-0.1, -0.05) is 0 Å². The normalized spacial score (nSPS) is 24.5. The van der Waals surface area contributed by atoms with Crippen LogP contribution in [0, 0.1) is 0 Å². The second-order valence-corrected chi connectivity index (χ2v) is 6.02. The smallest absolute Gasteiger partial charge is 0.203 e. The number of methoxy groups -OCH3 is 3. The molecule has 1 aromatic carbocycles. The van der Waals surface area contributed by atoms with Crippen molar-refractivity contribution in [3.05, 3.63) is 17.7 Å². The van der Waals surface area contributed by atoms with E-state index in [1.807, 2.05) is 12.1 Å². The highest BCUT2D eigenvalue weighted by Crippen LogP contribution is 2.41. The number of rotatable bonds is 4. The molecule has 1 saturated heterocycles. The van der Waals surface area contributed by atoms with E-state index in [9.17, 15) is 0 Å². The lowest BCUT2D eigenvalue weighted by Gasteiger charge is -2.41. The summed E-state index contributed by atoms with van der Waals surface area (Å²) in [6, 6.07) is 3.85. The second-order valence-electron chi connectivity index (χ2n) is 6.02. The summed E-state index contributed by atoms with van der Waals surface area (Å²) in [6.07, 6.45) is 0.955. The standard InChI is InChI=1S/C16H25NO4/c1-10-9-16(2,3)17-15(21-10)11-7-12(18-4)14(20-6)13(8-11)19-5/h7-8,10,15,17H,9H2,1-6H3. The average Bonchev–Trinajstić information content (AvgIpc) is 2.43. The van der Waals surface area contributed by atoms with Gasteiger partial charge in [-0.15, -0.1) is 0 Å². The van der Waals surface area contributed by atoms with Crippen LogP contribution in [0.25, 0.3) is 0 Å². The van der Waals surface area contributed by atoms with Crippen molar-refractivity contribution >= 4 is 0 Å². The molecular formula is C16H25NO4. The van der Waals surface area contributed by atoms with Crippen LogP contribution in [0.15, 0.2) is 12.1 Å². The quantitative estimate of drug-likeness (QED) is 0.925. The number of ether oxygens (including phenoxy) is 4. The molecule has 0 saturated carbocycles. The summed E-state index contributed by atoms with van der Waals surface area (Å²) in [5.74, 6) is 1.86. The second kappa shape index (κ2) is 6.12. The van der Waals surface area contributed by atoms with E-state index in [2.05, 4.69) is 26.1 Å². The van der Waals surface area contributed by atoms with Crippen molar-refractivity contribution in [1.29, 1.82) is 0 Å². The van der Waals surface area contributed by atoms with Crippen LogP contribution in [0.1, 0.15) is 39.0 Å². The molecule has 0 aliphatic carbocycles. The highest BCUT2D eigenvalue weighted by molar-refractivity contribution is 5.54. The first-order chi connectivity index (χ1) is 9.90. The highest BCUT2D eigenvalue weighted by Gasteiger charge is 2.33. The van der Waals surface area contributed by atoms with Crippen LogP contribution in [0.4, 0.5) is 0 Å². The molecule has 0 aromatic heterocycles. The molecule has 2 rings (SSSR count). The van der Waals surface area contributed by atoms with Crippen molar-refractivity contribution < 1.29 is 18.9 Å².